The van der Waals surface area contributed by atoms with Crippen molar-refractivity contribution in [1.29, 1.82) is 0 Å². The van der Waals surface area contributed by atoms with E-state index in [0.717, 1.165) is 34.6 Å². The van der Waals surface area contributed by atoms with E-state index in [1.165, 1.54) is 71.7 Å². The molecule has 0 radical (unpaired) electrons. The number of benzene rings is 6. The third kappa shape index (κ3) is 17.2. The third-order valence-electron chi connectivity index (χ3n) is 13.7. The zero-order valence-electron chi connectivity index (χ0n) is 51.7. The first kappa shape index (κ1) is 66.1. The van der Waals surface area contributed by atoms with Gasteiger partial charge in [-0.1, -0.05) is 76.8 Å². The molecular formula is C68H76F3N9O3S3. The van der Waals surface area contributed by atoms with Gasteiger partial charge in [0.1, 0.15) is 34.5 Å². The molecule has 6 aromatic carbocycles. The molecule has 0 bridgehead atoms. The molecule has 3 aromatic heterocycles. The van der Waals surface area contributed by atoms with Gasteiger partial charge >= 0.3 is 0 Å². The predicted octanol–water partition coefficient (Wildman–Crippen LogP) is 17.3. The maximum absolute atomic E-state index is 13.4. The number of aromatic nitrogens is 6. The third-order valence-corrected chi connectivity index (χ3v) is 17.3. The first-order valence-electron chi connectivity index (χ1n) is 28.7. The highest BCUT2D eigenvalue weighted by Crippen LogP contribution is 2.35. The molecule has 12 nitrogen and oxygen atoms in total. The van der Waals surface area contributed by atoms with E-state index < -0.39 is 0 Å². The van der Waals surface area contributed by atoms with Gasteiger partial charge in [-0.25, -0.2) is 43.1 Å². The van der Waals surface area contributed by atoms with Gasteiger partial charge in [-0.05, 0) is 181 Å². The van der Waals surface area contributed by atoms with Crippen LogP contribution in [0.5, 0.6) is 0 Å². The van der Waals surface area contributed by atoms with Crippen molar-refractivity contribution in [3.05, 3.63) is 162 Å². The molecule has 9 rings (SSSR count). The van der Waals surface area contributed by atoms with Crippen molar-refractivity contribution >= 4 is 101 Å². The van der Waals surface area contributed by atoms with E-state index in [1.54, 1.807) is 66.7 Å². The summed E-state index contributed by atoms with van der Waals surface area (Å²) < 4.78 is 40.2. The van der Waals surface area contributed by atoms with Crippen molar-refractivity contribution in [1.82, 2.24) is 29.9 Å². The van der Waals surface area contributed by atoms with Crippen LogP contribution in [0, 0.1) is 22.9 Å². The van der Waals surface area contributed by atoms with Crippen LogP contribution in [0.2, 0.25) is 0 Å². The van der Waals surface area contributed by atoms with Gasteiger partial charge in [0.2, 0.25) is 15.3 Å². The van der Waals surface area contributed by atoms with Gasteiger partial charge in [-0.2, -0.15) is 0 Å². The van der Waals surface area contributed by atoms with Crippen molar-refractivity contribution in [2.24, 2.45) is 5.41 Å². The Bertz CT molecular complexity index is 3840. The first-order valence-corrected chi connectivity index (χ1v) is 31.5. The molecule has 18 heteroatoms. The van der Waals surface area contributed by atoms with Crippen LogP contribution in [0.3, 0.4) is 0 Å². The average molecular weight is 1220 g/mol. The first-order chi connectivity index (χ1) is 40.7. The van der Waals surface area contributed by atoms with E-state index in [9.17, 15) is 27.6 Å². The van der Waals surface area contributed by atoms with Crippen LogP contribution in [0.4, 0.5) is 30.6 Å². The highest BCUT2D eigenvalue weighted by molar-refractivity contribution is 8.14. The second-order valence-corrected chi connectivity index (χ2v) is 26.7. The van der Waals surface area contributed by atoms with Gasteiger partial charge in [0.05, 0.1) is 33.1 Å². The summed E-state index contributed by atoms with van der Waals surface area (Å²) in [5, 5.41) is 0.333. The van der Waals surface area contributed by atoms with Crippen molar-refractivity contribution < 1.29 is 27.6 Å². The monoisotopic (exact) mass is 1220 g/mol. The molecule has 86 heavy (non-hydrogen) atoms. The second kappa shape index (κ2) is 29.3. The smallest absolute Gasteiger partial charge is 0.219 e. The number of hydrogen-bond acceptors (Lipinski definition) is 15. The van der Waals surface area contributed by atoms with Crippen LogP contribution in [0.15, 0.2) is 127 Å². The van der Waals surface area contributed by atoms with Gasteiger partial charge in [0.15, 0.2) is 17.5 Å². The number of carbonyl (C=O) groups excluding carboxylic acids is 3. The van der Waals surface area contributed by atoms with Crippen LogP contribution in [0.1, 0.15) is 121 Å². The second-order valence-electron chi connectivity index (χ2n) is 23.2. The largest absolute Gasteiger partial charge is 0.355 e. The van der Waals surface area contributed by atoms with Gasteiger partial charge in [0, 0.05) is 89.4 Å². The lowest BCUT2D eigenvalue weighted by molar-refractivity contribution is 0.108. The van der Waals surface area contributed by atoms with E-state index >= 15 is 0 Å². The number of thioether (sulfide) groups is 3. The van der Waals surface area contributed by atoms with Crippen LogP contribution in [-0.4, -0.2) is 101 Å². The SMILES string of the molecule is CC(C)N(C)c1nc2cc(C(=O)SCC(C)(C)C)ccc2nc1-c1ccc(F)cc1.CC(C)SC(=O)c1ccc2nc(-c3ccc(F)cc3)c(N(C)C(C)C)nc2c1.CCCSC(=O)c1ccc2nc(-c3ccc(F)cc3)c(N(C)C(C)C)nc2c1. The normalized spacial score (nSPS) is 11.5. The Morgan fingerprint density at radius 3 is 1.01 bits per heavy atom. The summed E-state index contributed by atoms with van der Waals surface area (Å²) in [5.41, 5.74) is 10.6. The quantitative estimate of drug-likeness (QED) is 0.0906. The van der Waals surface area contributed by atoms with Crippen LogP contribution >= 0.6 is 35.3 Å². The molecule has 450 valence electrons. The Morgan fingerprint density at radius 1 is 0.430 bits per heavy atom. The molecule has 0 aliphatic rings. The Morgan fingerprint density at radius 2 is 0.733 bits per heavy atom. The number of nitrogens with zero attached hydrogens (tertiary/aromatic N) is 9. The molecule has 0 aliphatic carbocycles. The molecule has 0 spiro atoms. The van der Waals surface area contributed by atoms with E-state index in [-0.39, 0.29) is 61.6 Å². The molecule has 0 saturated heterocycles. The molecular weight excluding hydrogens is 1140 g/mol. The fourth-order valence-corrected chi connectivity index (χ4v) is 10.5. The van der Waals surface area contributed by atoms with E-state index in [4.69, 9.17) is 29.9 Å². The highest BCUT2D eigenvalue weighted by Gasteiger charge is 2.23. The highest BCUT2D eigenvalue weighted by atomic mass is 32.2. The summed E-state index contributed by atoms with van der Waals surface area (Å²) in [5.74, 6) is 2.80. The van der Waals surface area contributed by atoms with Crippen molar-refractivity contribution in [3.8, 4) is 33.8 Å². The van der Waals surface area contributed by atoms with Gasteiger partial charge in [0.25, 0.3) is 0 Å². The lowest BCUT2D eigenvalue weighted by Crippen LogP contribution is -2.27. The van der Waals surface area contributed by atoms with Gasteiger partial charge < -0.3 is 14.7 Å². The summed E-state index contributed by atoms with van der Waals surface area (Å²) in [7, 11) is 5.87. The number of anilines is 3. The molecule has 0 amide bonds. The fourth-order valence-electron chi connectivity index (χ4n) is 8.32. The zero-order chi connectivity index (χ0) is 62.7. The molecule has 0 N–H and O–H groups in total. The summed E-state index contributed by atoms with van der Waals surface area (Å²) in [6.07, 6.45) is 0.953. The van der Waals surface area contributed by atoms with E-state index in [0.29, 0.717) is 84.3 Å². The van der Waals surface area contributed by atoms with Gasteiger partial charge in [-0.3, -0.25) is 14.4 Å². The predicted molar refractivity (Wildman–Crippen MR) is 356 cm³/mol. The molecule has 0 saturated carbocycles. The van der Waals surface area contributed by atoms with Crippen LogP contribution < -0.4 is 14.7 Å². The zero-order valence-corrected chi connectivity index (χ0v) is 54.1. The molecule has 0 unspecified atom stereocenters. The molecule has 3 heterocycles. The molecule has 9 aromatic rings. The Hall–Kier alpha value is -7.41. The number of hydrogen-bond donors (Lipinski definition) is 0. The Kier molecular flexibility index (Phi) is 22.5. The minimum absolute atomic E-state index is 0.0278. The number of fused-ring (bicyclic) bond motifs is 3. The minimum Gasteiger partial charge on any atom is -0.355 e. The van der Waals surface area contributed by atoms with E-state index in [1.807, 2.05) is 74.0 Å². The molecule has 0 fully saturated rings. The summed E-state index contributed by atoms with van der Waals surface area (Å²) >= 11 is 3.95. The van der Waals surface area contributed by atoms with Crippen molar-refractivity contribution in [3.63, 3.8) is 0 Å². The topological polar surface area (TPSA) is 138 Å². The summed E-state index contributed by atoms with van der Waals surface area (Å²) in [6.45, 7) is 24.8. The number of rotatable bonds is 16. The van der Waals surface area contributed by atoms with Gasteiger partial charge in [-0.15, -0.1) is 0 Å². The summed E-state index contributed by atoms with van der Waals surface area (Å²) in [4.78, 5) is 72.4. The Labute approximate surface area is 516 Å². The number of carbonyl (C=O) groups is 3. The van der Waals surface area contributed by atoms with Crippen molar-refractivity contribution in [2.45, 2.75) is 113 Å². The lowest BCUT2D eigenvalue weighted by Gasteiger charge is -2.25. The van der Waals surface area contributed by atoms with Crippen molar-refractivity contribution in [2.75, 3.05) is 47.3 Å². The van der Waals surface area contributed by atoms with Crippen LogP contribution in [-0.2, 0) is 0 Å². The molecule has 0 aliphatic heterocycles. The van der Waals surface area contributed by atoms with Crippen LogP contribution in [0.25, 0.3) is 66.9 Å². The standard InChI is InChI=1S/C24H28FN3OS.2C22H24FN3OS/c1-15(2)28(6)22-21(16-7-10-18(25)11-8-16)26-19-12-9-17(13-20(19)27-22)23(29)30-14-24(3,4)5;1-13(2)26(5)21-20(15-6-9-17(23)10-7-15)24-18-11-8-16(12-19(18)25-21)22(27)28-14(3)4;1-5-12-28-22(27)16-8-11-18-19(13-16)25-21(26(4)14(2)3)20(24-18)15-6-9-17(23)10-7-15/h7-13,15H,14H2,1-6H3;6-14H,1-5H3;6-11,13-14H,5,12H2,1-4H3. The van der Waals surface area contributed by atoms with E-state index in [2.05, 4.69) is 69.2 Å². The number of halogens is 3. The summed E-state index contributed by atoms with van der Waals surface area (Å²) in [6, 6.07) is 35.7. The lowest BCUT2D eigenvalue weighted by atomic mass is 10.0. The molecule has 0 atom stereocenters. The minimum atomic E-state index is -0.290. The maximum atomic E-state index is 13.4. The maximum Gasteiger partial charge on any atom is 0.219 e. The fraction of sp³-hybridized carbons (Fsp3) is 0.338. The Balaban J connectivity index is 0.000000185. The average Bonchev–Trinajstić information content (AvgIpc) is 1.32.